The largest absolute Gasteiger partial charge is 0.483 e. The van der Waals surface area contributed by atoms with Gasteiger partial charge in [0.2, 0.25) is 11.8 Å². The van der Waals surface area contributed by atoms with Crippen LogP contribution in [-0.4, -0.2) is 76.1 Å². The molecule has 8 nitrogen and oxygen atoms in total. The molecule has 2 heterocycles. The Hall–Kier alpha value is -2.16. The van der Waals surface area contributed by atoms with Crippen LogP contribution in [0, 0.1) is 0 Å². The minimum Gasteiger partial charge on any atom is -0.483 e. The number of benzene rings is 1. The van der Waals surface area contributed by atoms with E-state index in [4.69, 9.17) is 27.2 Å². The first-order valence-electron chi connectivity index (χ1n) is 10.2. The summed E-state index contributed by atoms with van der Waals surface area (Å²) in [4.78, 5) is 37.0. The molecule has 4 rings (SSSR count). The van der Waals surface area contributed by atoms with Gasteiger partial charge in [-0.1, -0.05) is 23.7 Å². The van der Waals surface area contributed by atoms with E-state index in [1.54, 1.807) is 9.80 Å². The number of hydrogen-bond donors (Lipinski definition) is 3. The van der Waals surface area contributed by atoms with Crippen LogP contribution >= 0.6 is 11.6 Å². The van der Waals surface area contributed by atoms with Crippen LogP contribution in [0.2, 0.25) is 5.02 Å². The second-order valence-corrected chi connectivity index (χ2v) is 8.69. The molecule has 4 N–H and O–H groups in total. The maximum absolute atomic E-state index is 12.9. The average molecular weight is 438 g/mol. The van der Waals surface area contributed by atoms with E-state index in [9.17, 15) is 14.7 Å². The highest BCUT2D eigenvalue weighted by atomic mass is 35.5. The van der Waals surface area contributed by atoms with Gasteiger partial charge in [0, 0.05) is 36.0 Å². The monoisotopic (exact) mass is 437 g/mol. The van der Waals surface area contributed by atoms with Gasteiger partial charge < -0.3 is 25.7 Å². The molecule has 1 aromatic rings. The van der Waals surface area contributed by atoms with Gasteiger partial charge in [-0.15, -0.1) is 0 Å². The number of aliphatic hydroxyl groups is 1. The smallest absolute Gasteiger partial charge is 0.290 e. The maximum Gasteiger partial charge on any atom is 0.290 e. The van der Waals surface area contributed by atoms with E-state index in [0.717, 1.165) is 31.2 Å². The molecule has 1 aromatic carbocycles. The number of nitrogens with zero attached hydrogens (tertiary/aromatic N) is 2. The Bertz CT molecular complexity index is 797. The summed E-state index contributed by atoms with van der Waals surface area (Å²) in [5.41, 5.74) is 7.20. The van der Waals surface area contributed by atoms with E-state index in [2.05, 4.69) is 6.07 Å². The number of nitrogens with two attached hydrogens (primary N) is 1. The van der Waals surface area contributed by atoms with Gasteiger partial charge in [-0.3, -0.25) is 14.4 Å². The summed E-state index contributed by atoms with van der Waals surface area (Å²) in [7, 11) is 0. The zero-order valence-electron chi connectivity index (χ0n) is 16.7. The van der Waals surface area contributed by atoms with Crippen LogP contribution in [0.3, 0.4) is 0 Å². The van der Waals surface area contributed by atoms with Crippen molar-refractivity contribution in [2.24, 2.45) is 5.73 Å². The molecule has 30 heavy (non-hydrogen) atoms. The number of piperazine rings is 1. The third-order valence-electron chi connectivity index (χ3n) is 6.65. The maximum atomic E-state index is 12.9. The molecule has 0 spiro atoms. The molecule has 0 bridgehead atoms. The quantitative estimate of drug-likeness (QED) is 0.605. The lowest BCUT2D eigenvalue weighted by atomic mass is 9.68. The number of halogens is 1. The predicted octanol–water partition coefficient (Wildman–Crippen LogP) is 0.984. The predicted molar refractivity (Wildman–Crippen MR) is 111 cm³/mol. The van der Waals surface area contributed by atoms with Crippen molar-refractivity contribution in [3.8, 4) is 0 Å². The highest BCUT2D eigenvalue weighted by molar-refractivity contribution is 6.30. The zero-order valence-corrected chi connectivity index (χ0v) is 17.5. The van der Waals surface area contributed by atoms with Crippen LogP contribution < -0.4 is 5.73 Å². The SMILES string of the molecule is NC[C@]1(c2cccc(Cl)c2)CC[C@H](N2CC(=O)N3C[C@H](O)C[C@H]3C2=O)CC1.O=CO. The van der Waals surface area contributed by atoms with E-state index in [1.807, 2.05) is 18.2 Å². The third kappa shape index (κ3) is 4.31. The average Bonchev–Trinajstić information content (AvgIpc) is 3.14. The molecule has 1 aliphatic carbocycles. The molecule has 2 atom stereocenters. The van der Waals surface area contributed by atoms with E-state index in [0.29, 0.717) is 18.0 Å². The van der Waals surface area contributed by atoms with Crippen molar-refractivity contribution in [1.29, 1.82) is 0 Å². The number of amides is 2. The lowest BCUT2D eigenvalue weighted by Crippen LogP contribution is -2.61. The zero-order chi connectivity index (χ0) is 21.9. The van der Waals surface area contributed by atoms with Crippen molar-refractivity contribution in [3.63, 3.8) is 0 Å². The van der Waals surface area contributed by atoms with Crippen LogP contribution in [-0.2, 0) is 19.8 Å². The number of carbonyl (C=O) groups excluding carboxylic acids is 2. The van der Waals surface area contributed by atoms with Gasteiger partial charge in [0.25, 0.3) is 6.47 Å². The molecule has 1 saturated carbocycles. The second kappa shape index (κ2) is 9.32. The van der Waals surface area contributed by atoms with E-state index in [-0.39, 0.29) is 42.8 Å². The van der Waals surface area contributed by atoms with Crippen LogP contribution in [0.25, 0.3) is 0 Å². The summed E-state index contributed by atoms with van der Waals surface area (Å²) in [6.45, 7) is 0.688. The van der Waals surface area contributed by atoms with Gasteiger partial charge in [-0.25, -0.2) is 0 Å². The van der Waals surface area contributed by atoms with Crippen molar-refractivity contribution in [1.82, 2.24) is 9.80 Å². The van der Waals surface area contributed by atoms with Gasteiger partial charge in [-0.2, -0.15) is 0 Å². The van der Waals surface area contributed by atoms with Gasteiger partial charge >= 0.3 is 0 Å². The standard InChI is InChI=1S/C20H26ClN3O3.CH2O2/c21-14-3-1-2-13(8-14)20(12-22)6-4-15(5-7-20)23-11-18(26)24-10-16(25)9-17(24)19(23)27;2-1-3/h1-3,8,15-17,25H,4-7,9-12,22H2;1H,(H,2,3)/t15-,16-,17+,20-;/m1./s1. The first-order chi connectivity index (χ1) is 14.3. The molecule has 0 radical (unpaired) electrons. The Labute approximate surface area is 180 Å². The Morgan fingerprint density at radius 2 is 1.90 bits per heavy atom. The van der Waals surface area contributed by atoms with Crippen molar-refractivity contribution < 1.29 is 24.6 Å². The molecule has 3 aliphatic rings. The van der Waals surface area contributed by atoms with Gasteiger partial charge in [0.05, 0.1) is 6.10 Å². The number of aliphatic hydroxyl groups excluding tert-OH is 1. The molecule has 164 valence electrons. The van der Waals surface area contributed by atoms with Crippen LogP contribution in [0.5, 0.6) is 0 Å². The Kier molecular flexibility index (Phi) is 7.00. The van der Waals surface area contributed by atoms with Crippen molar-refractivity contribution in [2.75, 3.05) is 19.6 Å². The number of hydrogen-bond acceptors (Lipinski definition) is 5. The molecule has 2 saturated heterocycles. The summed E-state index contributed by atoms with van der Waals surface area (Å²) in [6, 6.07) is 7.44. The highest BCUT2D eigenvalue weighted by Crippen LogP contribution is 2.41. The second-order valence-electron chi connectivity index (χ2n) is 8.25. The Morgan fingerprint density at radius 1 is 1.23 bits per heavy atom. The minimum atomic E-state index is -0.595. The van der Waals surface area contributed by atoms with E-state index >= 15 is 0 Å². The number of fused-ring (bicyclic) bond motifs is 1. The normalized spacial score (nSPS) is 31.1. The third-order valence-corrected chi connectivity index (χ3v) is 6.89. The van der Waals surface area contributed by atoms with Gasteiger partial charge in [0.1, 0.15) is 12.6 Å². The molecule has 0 aromatic heterocycles. The molecule has 2 amide bonds. The fraction of sp³-hybridized carbons (Fsp3) is 0.571. The van der Waals surface area contributed by atoms with Gasteiger partial charge in [-0.05, 0) is 43.4 Å². The number of rotatable bonds is 3. The summed E-state index contributed by atoms with van der Waals surface area (Å²) in [5, 5.41) is 17.4. The number of carboxylic acid groups (broad SMARTS) is 1. The van der Waals surface area contributed by atoms with Gasteiger partial charge in [0.15, 0.2) is 0 Å². The highest BCUT2D eigenvalue weighted by Gasteiger charge is 2.48. The summed E-state index contributed by atoms with van der Waals surface area (Å²) >= 11 is 6.18. The summed E-state index contributed by atoms with van der Waals surface area (Å²) < 4.78 is 0. The first kappa shape index (κ1) is 22.5. The summed E-state index contributed by atoms with van der Waals surface area (Å²) in [6.07, 6.45) is 3.12. The summed E-state index contributed by atoms with van der Waals surface area (Å²) in [5.74, 6) is -0.0687. The Morgan fingerprint density at radius 3 is 2.50 bits per heavy atom. The van der Waals surface area contributed by atoms with Crippen molar-refractivity contribution in [3.05, 3.63) is 34.9 Å². The van der Waals surface area contributed by atoms with Crippen molar-refractivity contribution in [2.45, 2.75) is 55.7 Å². The molecule has 2 aliphatic heterocycles. The lowest BCUT2D eigenvalue weighted by molar-refractivity contribution is -0.156. The fourth-order valence-corrected chi connectivity index (χ4v) is 5.22. The molecular weight excluding hydrogens is 410 g/mol. The van der Waals surface area contributed by atoms with E-state index in [1.165, 1.54) is 0 Å². The minimum absolute atomic E-state index is 0.0147. The van der Waals surface area contributed by atoms with Crippen LogP contribution in [0.15, 0.2) is 24.3 Å². The molecular formula is C21H28ClN3O5. The fourth-order valence-electron chi connectivity index (χ4n) is 5.03. The molecule has 0 unspecified atom stereocenters. The lowest BCUT2D eigenvalue weighted by Gasteiger charge is -2.46. The molecule has 3 fully saturated rings. The van der Waals surface area contributed by atoms with Crippen LogP contribution in [0.1, 0.15) is 37.7 Å². The molecule has 9 heteroatoms. The van der Waals surface area contributed by atoms with Crippen molar-refractivity contribution >= 4 is 29.9 Å². The first-order valence-corrected chi connectivity index (χ1v) is 10.5. The topological polar surface area (TPSA) is 124 Å². The van der Waals surface area contributed by atoms with E-state index < -0.39 is 12.1 Å². The van der Waals surface area contributed by atoms with Crippen LogP contribution in [0.4, 0.5) is 0 Å². The number of carbonyl (C=O) groups is 3. The Balaban J connectivity index is 0.000000806.